The lowest BCUT2D eigenvalue weighted by Gasteiger charge is -2.10. The van der Waals surface area contributed by atoms with E-state index < -0.39 is 0 Å². The number of nitrogens with zero attached hydrogens (tertiary/aromatic N) is 1. The van der Waals surface area contributed by atoms with Gasteiger partial charge < -0.3 is 9.47 Å². The summed E-state index contributed by atoms with van der Waals surface area (Å²) in [5.41, 5.74) is 3.74. The molecule has 0 aliphatic heterocycles. The fourth-order valence-corrected chi connectivity index (χ4v) is 2.93. The molecule has 0 aromatic heterocycles. The third-order valence-corrected chi connectivity index (χ3v) is 4.51. The maximum atomic E-state index is 12.1. The van der Waals surface area contributed by atoms with Crippen LogP contribution in [0.15, 0.2) is 50.4 Å². The maximum absolute atomic E-state index is 12.1. The molecule has 120 valence electrons. The molecular weight excluding hydrogens is 428 g/mol. The van der Waals surface area contributed by atoms with Gasteiger partial charge in [-0.25, -0.2) is 5.43 Å². The molecule has 0 spiro atoms. The van der Waals surface area contributed by atoms with E-state index in [4.69, 9.17) is 9.47 Å². The molecule has 0 aliphatic carbocycles. The summed E-state index contributed by atoms with van der Waals surface area (Å²) < 4.78 is 11.9. The predicted octanol–water partition coefficient (Wildman–Crippen LogP) is 3.99. The van der Waals surface area contributed by atoms with Crippen molar-refractivity contribution in [1.82, 2.24) is 5.43 Å². The second kappa shape index (κ2) is 8.12. The summed E-state index contributed by atoms with van der Waals surface area (Å²) in [7, 11) is 3.12. The molecule has 2 aromatic rings. The van der Waals surface area contributed by atoms with Gasteiger partial charge in [0.15, 0.2) is 11.5 Å². The van der Waals surface area contributed by atoms with Crippen molar-refractivity contribution < 1.29 is 14.3 Å². The Labute approximate surface area is 150 Å². The average Bonchev–Trinajstić information content (AvgIpc) is 2.56. The van der Waals surface area contributed by atoms with Crippen LogP contribution < -0.4 is 14.9 Å². The lowest BCUT2D eigenvalue weighted by atomic mass is 10.2. The third kappa shape index (κ3) is 4.11. The van der Waals surface area contributed by atoms with E-state index in [0.717, 1.165) is 5.56 Å². The minimum absolute atomic E-state index is 0.301. The predicted molar refractivity (Wildman–Crippen MR) is 96.4 cm³/mol. The van der Waals surface area contributed by atoms with Gasteiger partial charge in [-0.15, -0.1) is 0 Å². The number of methoxy groups -OCH3 is 2. The summed E-state index contributed by atoms with van der Waals surface area (Å²) >= 11 is 6.77. The van der Waals surface area contributed by atoms with Crippen LogP contribution >= 0.6 is 31.9 Å². The molecular formula is C16H14Br2N2O3. The van der Waals surface area contributed by atoms with E-state index >= 15 is 0 Å². The molecule has 0 heterocycles. The number of nitrogens with one attached hydrogen (secondary N) is 1. The second-order valence-electron chi connectivity index (χ2n) is 4.38. The van der Waals surface area contributed by atoms with Crippen LogP contribution in [0.2, 0.25) is 0 Å². The molecule has 0 radical (unpaired) electrons. The fourth-order valence-electron chi connectivity index (χ4n) is 1.87. The largest absolute Gasteiger partial charge is 0.493 e. The topological polar surface area (TPSA) is 59.9 Å². The van der Waals surface area contributed by atoms with Gasteiger partial charge >= 0.3 is 0 Å². The van der Waals surface area contributed by atoms with Crippen LogP contribution in [0.3, 0.4) is 0 Å². The Kier molecular flexibility index (Phi) is 6.18. The molecule has 5 nitrogen and oxygen atoms in total. The van der Waals surface area contributed by atoms with Crippen LogP contribution in [0.4, 0.5) is 0 Å². The summed E-state index contributed by atoms with van der Waals surface area (Å²) in [6.45, 7) is 0. The number of hydrogen-bond acceptors (Lipinski definition) is 4. The molecule has 2 aromatic carbocycles. The van der Waals surface area contributed by atoms with E-state index in [1.54, 1.807) is 44.6 Å². The van der Waals surface area contributed by atoms with E-state index in [9.17, 15) is 4.79 Å². The number of carbonyl (C=O) groups is 1. The molecule has 0 bridgehead atoms. The Hall–Kier alpha value is -1.86. The Morgan fingerprint density at radius 3 is 2.52 bits per heavy atom. The number of carbonyl (C=O) groups excluding carboxylic acids is 1. The van der Waals surface area contributed by atoms with E-state index in [1.165, 1.54) is 6.21 Å². The fraction of sp³-hybridized carbons (Fsp3) is 0.125. The number of hydrogen-bond donors (Lipinski definition) is 1. The minimum atomic E-state index is -0.301. The zero-order valence-corrected chi connectivity index (χ0v) is 15.6. The second-order valence-corrected chi connectivity index (χ2v) is 6.03. The molecule has 0 atom stereocenters. The van der Waals surface area contributed by atoms with Gasteiger partial charge in [0.1, 0.15) is 0 Å². The van der Waals surface area contributed by atoms with Crippen molar-refractivity contribution in [1.29, 1.82) is 0 Å². The standard InChI is InChI=1S/C16H14Br2N2O3/c1-22-13-8-7-10(14(18)15(13)23-2)9-19-20-16(21)11-5-3-4-6-12(11)17/h3-9H,1-2H3,(H,20,21)/b19-9-. The minimum Gasteiger partial charge on any atom is -0.493 e. The highest BCUT2D eigenvalue weighted by molar-refractivity contribution is 9.11. The Balaban J connectivity index is 2.15. The van der Waals surface area contributed by atoms with Crippen molar-refractivity contribution in [2.45, 2.75) is 0 Å². The van der Waals surface area contributed by atoms with Gasteiger partial charge in [0.05, 0.1) is 30.5 Å². The lowest BCUT2D eigenvalue weighted by molar-refractivity contribution is 0.0954. The van der Waals surface area contributed by atoms with Gasteiger partial charge in [-0.2, -0.15) is 5.10 Å². The van der Waals surface area contributed by atoms with Gasteiger partial charge in [-0.3, -0.25) is 4.79 Å². The van der Waals surface area contributed by atoms with Crippen LogP contribution in [0.1, 0.15) is 15.9 Å². The number of rotatable bonds is 5. The molecule has 1 amide bonds. The number of benzene rings is 2. The lowest BCUT2D eigenvalue weighted by Crippen LogP contribution is -2.18. The van der Waals surface area contributed by atoms with Gasteiger partial charge in [0, 0.05) is 10.0 Å². The van der Waals surface area contributed by atoms with Crippen molar-refractivity contribution in [3.05, 3.63) is 56.5 Å². The number of hydrazone groups is 1. The van der Waals surface area contributed by atoms with Crippen molar-refractivity contribution in [2.24, 2.45) is 5.10 Å². The summed E-state index contributed by atoms with van der Waals surface area (Å²) in [4.78, 5) is 12.1. The van der Waals surface area contributed by atoms with E-state index in [2.05, 4.69) is 42.4 Å². The van der Waals surface area contributed by atoms with Crippen molar-refractivity contribution in [3.8, 4) is 11.5 Å². The van der Waals surface area contributed by atoms with E-state index in [-0.39, 0.29) is 5.91 Å². The Morgan fingerprint density at radius 1 is 1.13 bits per heavy atom. The van der Waals surface area contributed by atoms with E-state index in [1.807, 2.05) is 6.07 Å². The van der Waals surface area contributed by atoms with E-state index in [0.29, 0.717) is 26.0 Å². The first-order chi connectivity index (χ1) is 11.1. The number of ether oxygens (including phenoxy) is 2. The highest BCUT2D eigenvalue weighted by Gasteiger charge is 2.12. The molecule has 1 N–H and O–H groups in total. The summed E-state index contributed by atoms with van der Waals surface area (Å²) in [5, 5.41) is 3.98. The van der Waals surface area contributed by atoms with Crippen molar-refractivity contribution >= 4 is 44.0 Å². The summed E-state index contributed by atoms with van der Waals surface area (Å²) in [5.74, 6) is 0.868. The smallest absolute Gasteiger partial charge is 0.272 e. The van der Waals surface area contributed by atoms with Gasteiger partial charge in [0.25, 0.3) is 5.91 Å². The summed E-state index contributed by atoms with van der Waals surface area (Å²) in [6.07, 6.45) is 1.53. The van der Waals surface area contributed by atoms with Crippen molar-refractivity contribution in [2.75, 3.05) is 14.2 Å². The zero-order chi connectivity index (χ0) is 16.8. The molecule has 0 saturated heterocycles. The third-order valence-electron chi connectivity index (χ3n) is 3.00. The molecule has 0 aliphatic rings. The molecule has 0 fully saturated rings. The SMILES string of the molecule is COc1ccc(/C=N\NC(=O)c2ccccc2Br)c(Br)c1OC. The maximum Gasteiger partial charge on any atom is 0.272 e. The zero-order valence-electron chi connectivity index (χ0n) is 12.5. The molecule has 0 unspecified atom stereocenters. The first kappa shape index (κ1) is 17.5. The quantitative estimate of drug-likeness (QED) is 0.563. The number of amides is 1. The van der Waals surface area contributed by atoms with Crippen LogP contribution in [0.5, 0.6) is 11.5 Å². The number of halogens is 2. The molecule has 0 saturated carbocycles. The van der Waals surface area contributed by atoms with Crippen molar-refractivity contribution in [3.63, 3.8) is 0 Å². The molecule has 7 heteroatoms. The Bertz CT molecular complexity index is 748. The summed E-state index contributed by atoms with van der Waals surface area (Å²) in [6, 6.07) is 10.7. The van der Waals surface area contributed by atoms with Crippen LogP contribution in [0, 0.1) is 0 Å². The average molecular weight is 442 g/mol. The van der Waals surface area contributed by atoms with Crippen LogP contribution in [-0.2, 0) is 0 Å². The van der Waals surface area contributed by atoms with Crippen LogP contribution in [-0.4, -0.2) is 26.3 Å². The highest BCUT2D eigenvalue weighted by atomic mass is 79.9. The monoisotopic (exact) mass is 440 g/mol. The molecule has 2 rings (SSSR count). The first-order valence-corrected chi connectivity index (χ1v) is 8.15. The normalized spacial score (nSPS) is 10.6. The Morgan fingerprint density at radius 2 is 1.87 bits per heavy atom. The highest BCUT2D eigenvalue weighted by Crippen LogP contribution is 2.36. The first-order valence-electron chi connectivity index (χ1n) is 6.57. The van der Waals surface area contributed by atoms with Gasteiger partial charge in [-0.1, -0.05) is 12.1 Å². The molecule has 23 heavy (non-hydrogen) atoms. The van der Waals surface area contributed by atoms with Gasteiger partial charge in [-0.05, 0) is 56.1 Å². The van der Waals surface area contributed by atoms with Crippen LogP contribution in [0.25, 0.3) is 0 Å². The van der Waals surface area contributed by atoms with Gasteiger partial charge in [0.2, 0.25) is 0 Å².